The summed E-state index contributed by atoms with van der Waals surface area (Å²) >= 11 is 0. The van der Waals surface area contributed by atoms with Gasteiger partial charge in [-0.1, -0.05) is 64.8 Å². The van der Waals surface area contributed by atoms with Crippen molar-refractivity contribution in [2.24, 2.45) is 39.9 Å². The van der Waals surface area contributed by atoms with Crippen LogP contribution in [0.5, 0.6) is 0 Å². The Labute approximate surface area is 138 Å². The van der Waals surface area contributed by atoms with Crippen molar-refractivity contribution in [3.8, 4) is 0 Å². The molecule has 2 atom stereocenters. The summed E-state index contributed by atoms with van der Waals surface area (Å²) in [5.74, 6) is 3.68. The zero-order valence-electron chi connectivity index (χ0n) is 16.1. The van der Waals surface area contributed by atoms with Crippen molar-refractivity contribution in [2.45, 2.75) is 74.7 Å². The van der Waals surface area contributed by atoms with Crippen molar-refractivity contribution >= 4 is 0 Å². The second-order valence-corrected chi connectivity index (χ2v) is 10.3. The van der Waals surface area contributed by atoms with E-state index in [4.69, 9.17) is 0 Å². The monoisotopic (exact) mass is 300 g/mol. The fraction of sp³-hybridized carbons (Fsp3) is 0.818. The number of allylic oxidation sites excluding steroid dienone is 4. The molecule has 4 bridgehead atoms. The van der Waals surface area contributed by atoms with Crippen molar-refractivity contribution in [2.75, 3.05) is 0 Å². The maximum atomic E-state index is 2.45. The number of rotatable bonds is 0. The Morgan fingerprint density at radius 3 is 1.59 bits per heavy atom. The minimum absolute atomic E-state index is 0.572. The van der Waals surface area contributed by atoms with E-state index in [1.165, 1.54) is 19.3 Å². The maximum Gasteiger partial charge on any atom is -0.00974 e. The van der Waals surface area contributed by atoms with E-state index in [2.05, 4.69) is 67.5 Å². The third-order valence-electron chi connectivity index (χ3n) is 8.16. The van der Waals surface area contributed by atoms with Crippen LogP contribution in [0, 0.1) is 39.9 Å². The van der Waals surface area contributed by atoms with Crippen LogP contribution in [0.3, 0.4) is 0 Å². The van der Waals surface area contributed by atoms with E-state index in [0.717, 1.165) is 23.7 Å². The Balaban J connectivity index is 0.000000133. The molecule has 0 saturated heterocycles. The molecule has 6 aliphatic carbocycles. The molecule has 2 saturated carbocycles. The first-order chi connectivity index (χ1) is 10.0. The quantitative estimate of drug-likeness (QED) is 0.440. The first kappa shape index (κ1) is 16.3. The van der Waals surface area contributed by atoms with E-state index in [-0.39, 0.29) is 0 Å². The molecule has 0 amide bonds. The smallest absolute Gasteiger partial charge is 0.00974 e. The topological polar surface area (TPSA) is 0 Å². The summed E-state index contributed by atoms with van der Waals surface area (Å²) in [4.78, 5) is 0. The Morgan fingerprint density at radius 2 is 1.32 bits per heavy atom. The van der Waals surface area contributed by atoms with Crippen LogP contribution in [-0.2, 0) is 0 Å². The minimum Gasteiger partial charge on any atom is -0.0850 e. The van der Waals surface area contributed by atoms with Crippen LogP contribution in [0.15, 0.2) is 23.3 Å². The number of fused-ring (bicyclic) bond motifs is 2. The van der Waals surface area contributed by atoms with E-state index < -0.39 is 0 Å². The first-order valence-corrected chi connectivity index (χ1v) is 9.34. The third kappa shape index (κ3) is 2.01. The Hall–Kier alpha value is -0.520. The summed E-state index contributed by atoms with van der Waals surface area (Å²) in [5, 5.41) is 0. The molecule has 2 fully saturated rings. The van der Waals surface area contributed by atoms with E-state index in [9.17, 15) is 0 Å². The molecule has 22 heavy (non-hydrogen) atoms. The van der Waals surface area contributed by atoms with Gasteiger partial charge in [0.15, 0.2) is 0 Å². The highest BCUT2D eigenvalue weighted by atomic mass is 14.7. The van der Waals surface area contributed by atoms with E-state index in [1.807, 2.05) is 0 Å². The normalized spacial score (nSPS) is 41.8. The van der Waals surface area contributed by atoms with Crippen molar-refractivity contribution in [1.29, 1.82) is 0 Å². The van der Waals surface area contributed by atoms with Gasteiger partial charge in [-0.3, -0.25) is 0 Å². The first-order valence-electron chi connectivity index (χ1n) is 9.34. The predicted molar refractivity (Wildman–Crippen MR) is 96.7 cm³/mol. The number of hydrogen-bond acceptors (Lipinski definition) is 0. The molecule has 0 aromatic carbocycles. The molecule has 0 aromatic rings. The summed E-state index contributed by atoms with van der Waals surface area (Å²) in [7, 11) is 0. The van der Waals surface area contributed by atoms with E-state index in [0.29, 0.717) is 16.2 Å². The van der Waals surface area contributed by atoms with Gasteiger partial charge in [0, 0.05) is 0 Å². The summed E-state index contributed by atoms with van der Waals surface area (Å²) in [5.41, 5.74) is 5.06. The largest absolute Gasteiger partial charge is 0.0850 e. The standard InChI is InChI=1S/C12H20.C10H16/c1-8-6-7-9-11(2,3)10(8)12(9,4)5;1-7-4-5-8-6-9(7)10(8,2)3/h6,9-10H,7H2,1-5H3;4,8-9H,5-6H2,1-3H3. The Bertz CT molecular complexity index is 510. The number of hydrogen-bond donors (Lipinski definition) is 0. The molecule has 124 valence electrons. The molecule has 6 rings (SSSR count). The van der Waals surface area contributed by atoms with Gasteiger partial charge in [0.05, 0.1) is 0 Å². The van der Waals surface area contributed by atoms with E-state index >= 15 is 0 Å². The van der Waals surface area contributed by atoms with Crippen molar-refractivity contribution in [3.63, 3.8) is 0 Å². The summed E-state index contributed by atoms with van der Waals surface area (Å²) in [6, 6.07) is 0. The van der Waals surface area contributed by atoms with Crippen LogP contribution in [0.2, 0.25) is 0 Å². The van der Waals surface area contributed by atoms with Gasteiger partial charge in [0.1, 0.15) is 0 Å². The lowest BCUT2D eigenvalue weighted by molar-refractivity contribution is -0.149. The lowest BCUT2D eigenvalue weighted by atomic mass is 9.37. The SMILES string of the molecule is CC1=CCC2C(C)(C)C1C2(C)C.CC1=CCC2CC1C2(C)C. The second-order valence-electron chi connectivity index (χ2n) is 10.3. The van der Waals surface area contributed by atoms with Gasteiger partial charge in [-0.2, -0.15) is 0 Å². The molecule has 0 aromatic heterocycles. The highest BCUT2D eigenvalue weighted by Crippen LogP contribution is 2.69. The minimum atomic E-state index is 0.572. The van der Waals surface area contributed by atoms with Gasteiger partial charge in [0.25, 0.3) is 0 Å². The van der Waals surface area contributed by atoms with Crippen LogP contribution in [0.25, 0.3) is 0 Å². The predicted octanol–water partition coefficient (Wildman–Crippen LogP) is 6.63. The molecule has 0 heterocycles. The zero-order chi connectivity index (χ0) is 16.5. The highest BCUT2D eigenvalue weighted by Gasteiger charge is 2.62. The highest BCUT2D eigenvalue weighted by molar-refractivity contribution is 5.27. The van der Waals surface area contributed by atoms with Crippen LogP contribution in [0.1, 0.15) is 74.7 Å². The van der Waals surface area contributed by atoms with Gasteiger partial charge < -0.3 is 0 Å². The van der Waals surface area contributed by atoms with Crippen molar-refractivity contribution in [3.05, 3.63) is 23.3 Å². The summed E-state index contributed by atoms with van der Waals surface area (Å²) < 4.78 is 0. The average molecular weight is 301 g/mol. The van der Waals surface area contributed by atoms with Crippen molar-refractivity contribution < 1.29 is 0 Å². The van der Waals surface area contributed by atoms with Gasteiger partial charge in [-0.15, -0.1) is 0 Å². The maximum absolute atomic E-state index is 2.45. The fourth-order valence-corrected chi connectivity index (χ4v) is 7.09. The Kier molecular flexibility index (Phi) is 3.52. The fourth-order valence-electron chi connectivity index (χ4n) is 7.09. The van der Waals surface area contributed by atoms with Gasteiger partial charge in [0.2, 0.25) is 0 Å². The molecular formula is C22H36. The Morgan fingerprint density at radius 1 is 0.773 bits per heavy atom. The third-order valence-corrected chi connectivity index (χ3v) is 8.16. The molecule has 6 aliphatic rings. The second kappa shape index (κ2) is 4.74. The molecule has 0 spiro atoms. The molecule has 2 unspecified atom stereocenters. The average Bonchev–Trinajstić information content (AvgIpc) is 2.37. The lowest BCUT2D eigenvalue weighted by Gasteiger charge is -2.67. The molecule has 0 nitrogen and oxygen atoms in total. The molecular weight excluding hydrogens is 264 g/mol. The van der Waals surface area contributed by atoms with Crippen LogP contribution >= 0.6 is 0 Å². The molecule has 0 N–H and O–H groups in total. The van der Waals surface area contributed by atoms with Gasteiger partial charge >= 0.3 is 0 Å². The molecule has 0 heteroatoms. The van der Waals surface area contributed by atoms with Crippen LogP contribution < -0.4 is 0 Å². The summed E-state index contributed by atoms with van der Waals surface area (Å²) in [6.07, 6.45) is 9.00. The van der Waals surface area contributed by atoms with Crippen molar-refractivity contribution in [1.82, 2.24) is 0 Å². The van der Waals surface area contributed by atoms with Gasteiger partial charge in [-0.25, -0.2) is 0 Å². The van der Waals surface area contributed by atoms with E-state index in [1.54, 1.807) is 11.1 Å². The van der Waals surface area contributed by atoms with Gasteiger partial charge in [-0.05, 0) is 73.0 Å². The summed E-state index contributed by atoms with van der Waals surface area (Å²) in [6.45, 7) is 19.2. The molecule has 0 radical (unpaired) electrons. The molecule has 0 aliphatic heterocycles. The lowest BCUT2D eigenvalue weighted by Crippen LogP contribution is -2.61. The van der Waals surface area contributed by atoms with Crippen LogP contribution in [0.4, 0.5) is 0 Å². The zero-order valence-corrected chi connectivity index (χ0v) is 16.1. The van der Waals surface area contributed by atoms with Crippen LogP contribution in [-0.4, -0.2) is 0 Å².